The fourth-order valence-corrected chi connectivity index (χ4v) is 4.54. The summed E-state index contributed by atoms with van der Waals surface area (Å²) in [7, 11) is 0.419. The van der Waals surface area contributed by atoms with Crippen LogP contribution in [0.3, 0.4) is 0 Å². The molecule has 1 heterocycles. The SMILES string of the molecule is C=C(OCC(=O)OC(C)(C)C)C(C)(PC)C(C)(C)CC(C)C(=O)OC1CCOC1=O. The summed E-state index contributed by atoms with van der Waals surface area (Å²) in [6, 6.07) is 0. The third-order valence-corrected chi connectivity index (χ3v) is 7.52. The Morgan fingerprint density at radius 2 is 1.83 bits per heavy atom. The van der Waals surface area contributed by atoms with Gasteiger partial charge in [-0.05, 0) is 46.2 Å². The van der Waals surface area contributed by atoms with Crippen molar-refractivity contribution in [3.8, 4) is 0 Å². The number of cyclic esters (lactones) is 1. The van der Waals surface area contributed by atoms with Gasteiger partial charge in [0.1, 0.15) is 11.4 Å². The van der Waals surface area contributed by atoms with E-state index in [1.807, 2.05) is 27.4 Å². The van der Waals surface area contributed by atoms with Crippen LogP contribution < -0.4 is 0 Å². The van der Waals surface area contributed by atoms with Crippen LogP contribution in [-0.4, -0.2) is 54.6 Å². The van der Waals surface area contributed by atoms with E-state index in [1.165, 1.54) is 0 Å². The molecule has 0 aromatic heterocycles. The van der Waals surface area contributed by atoms with E-state index in [0.29, 0.717) is 27.2 Å². The lowest BCUT2D eigenvalue weighted by Gasteiger charge is -2.45. The lowest BCUT2D eigenvalue weighted by Crippen LogP contribution is -2.43. The molecule has 1 rings (SSSR count). The summed E-state index contributed by atoms with van der Waals surface area (Å²) < 4.78 is 21.2. The predicted molar refractivity (Wildman–Crippen MR) is 117 cm³/mol. The molecule has 0 saturated carbocycles. The van der Waals surface area contributed by atoms with E-state index in [9.17, 15) is 14.4 Å². The van der Waals surface area contributed by atoms with E-state index in [0.717, 1.165) is 0 Å². The molecule has 1 aliphatic rings. The third kappa shape index (κ3) is 6.97. The number of hydrogen-bond donors (Lipinski definition) is 0. The molecule has 1 aliphatic heterocycles. The Labute approximate surface area is 182 Å². The molecule has 8 heteroatoms. The van der Waals surface area contributed by atoms with Crippen molar-refractivity contribution in [1.82, 2.24) is 0 Å². The minimum atomic E-state index is -0.811. The first-order valence-electron chi connectivity index (χ1n) is 10.2. The van der Waals surface area contributed by atoms with Crippen LogP contribution in [-0.2, 0) is 33.3 Å². The van der Waals surface area contributed by atoms with E-state index in [2.05, 4.69) is 6.58 Å². The van der Waals surface area contributed by atoms with Crippen molar-refractivity contribution in [3.63, 3.8) is 0 Å². The maximum Gasteiger partial charge on any atom is 0.347 e. The van der Waals surface area contributed by atoms with Gasteiger partial charge in [-0.25, -0.2) is 9.59 Å². The maximum absolute atomic E-state index is 12.5. The quantitative estimate of drug-likeness (QED) is 0.219. The van der Waals surface area contributed by atoms with Crippen LogP contribution in [0.1, 0.15) is 61.3 Å². The Morgan fingerprint density at radius 3 is 2.30 bits per heavy atom. The van der Waals surface area contributed by atoms with Crippen molar-refractivity contribution < 1.29 is 33.3 Å². The van der Waals surface area contributed by atoms with Crippen molar-refractivity contribution in [2.24, 2.45) is 11.3 Å². The number of hydrogen-bond acceptors (Lipinski definition) is 7. The normalized spacial score (nSPS) is 20.4. The largest absolute Gasteiger partial charge is 0.486 e. The first kappa shape index (κ1) is 26.4. The highest BCUT2D eigenvalue weighted by Crippen LogP contribution is 2.52. The molecule has 7 nitrogen and oxygen atoms in total. The number of carbonyl (C=O) groups is 3. The van der Waals surface area contributed by atoms with Crippen molar-refractivity contribution in [2.45, 2.75) is 78.2 Å². The van der Waals surface area contributed by atoms with Gasteiger partial charge in [-0.1, -0.05) is 27.4 Å². The first-order chi connectivity index (χ1) is 13.6. The molecular weight excluding hydrogens is 407 g/mol. The summed E-state index contributed by atoms with van der Waals surface area (Å²) in [5.74, 6) is -1.31. The van der Waals surface area contributed by atoms with Crippen molar-refractivity contribution in [2.75, 3.05) is 19.9 Å². The predicted octanol–water partition coefficient (Wildman–Crippen LogP) is 3.84. The second-order valence-corrected chi connectivity index (χ2v) is 11.0. The number of ether oxygens (including phenoxy) is 4. The summed E-state index contributed by atoms with van der Waals surface area (Å²) in [6.07, 6.45) is 0.0821. The summed E-state index contributed by atoms with van der Waals surface area (Å²) in [5.41, 5.74) is -0.974. The van der Waals surface area contributed by atoms with Gasteiger partial charge in [0.05, 0.1) is 12.5 Å². The second kappa shape index (κ2) is 10.1. The zero-order valence-electron chi connectivity index (χ0n) is 19.5. The topological polar surface area (TPSA) is 88.1 Å². The highest BCUT2D eigenvalue weighted by Gasteiger charge is 2.45. The molecule has 0 amide bonds. The Kier molecular flexibility index (Phi) is 8.92. The van der Waals surface area contributed by atoms with E-state index in [4.69, 9.17) is 18.9 Å². The molecule has 4 atom stereocenters. The first-order valence-corrected chi connectivity index (χ1v) is 11.7. The number of carbonyl (C=O) groups excluding carboxylic acids is 3. The van der Waals surface area contributed by atoms with Crippen molar-refractivity contribution in [3.05, 3.63) is 12.3 Å². The van der Waals surface area contributed by atoms with Gasteiger partial charge in [0.2, 0.25) is 6.10 Å². The minimum Gasteiger partial charge on any atom is -0.486 e. The molecule has 0 bridgehead atoms. The van der Waals surface area contributed by atoms with Crippen LogP contribution in [0.15, 0.2) is 12.3 Å². The summed E-state index contributed by atoms with van der Waals surface area (Å²) in [5, 5.41) is -0.476. The average molecular weight is 445 g/mol. The van der Waals surface area contributed by atoms with Gasteiger partial charge < -0.3 is 18.9 Å². The molecule has 0 aromatic rings. The standard InChI is InChI=1S/C22H37O7P/c1-14(18(24)28-16-10-11-26-19(16)25)12-21(6,7)22(8,30-9)15(2)27-13-17(23)29-20(3,4)5/h14,16,30H,2,10-13H2,1,3-9H3. The average Bonchev–Trinajstić information content (AvgIpc) is 3.01. The zero-order chi connectivity index (χ0) is 23.3. The van der Waals surface area contributed by atoms with Gasteiger partial charge in [-0.3, -0.25) is 4.79 Å². The fraction of sp³-hybridized carbons (Fsp3) is 0.773. The van der Waals surface area contributed by atoms with Crippen LogP contribution in [0.5, 0.6) is 0 Å². The lowest BCUT2D eigenvalue weighted by atomic mass is 9.72. The molecule has 30 heavy (non-hydrogen) atoms. The van der Waals surface area contributed by atoms with Crippen LogP contribution in [0.2, 0.25) is 0 Å². The van der Waals surface area contributed by atoms with Gasteiger partial charge in [-0.2, -0.15) is 0 Å². The molecule has 0 spiro atoms. The number of allylic oxidation sites excluding steroid dienone is 1. The Bertz CT molecular complexity index is 665. The molecule has 0 N–H and O–H groups in total. The summed E-state index contributed by atoms with van der Waals surface area (Å²) >= 11 is 0. The number of esters is 3. The van der Waals surface area contributed by atoms with Crippen LogP contribution in [0.4, 0.5) is 0 Å². The van der Waals surface area contributed by atoms with E-state index in [1.54, 1.807) is 27.7 Å². The third-order valence-electron chi connectivity index (χ3n) is 5.56. The van der Waals surface area contributed by atoms with Gasteiger partial charge in [0.15, 0.2) is 6.61 Å². The molecule has 0 radical (unpaired) electrons. The van der Waals surface area contributed by atoms with Crippen molar-refractivity contribution >= 4 is 26.5 Å². The number of rotatable bonds is 10. The Morgan fingerprint density at radius 1 is 1.23 bits per heavy atom. The van der Waals surface area contributed by atoms with E-state index >= 15 is 0 Å². The Balaban J connectivity index is 2.76. The molecule has 172 valence electrons. The molecule has 1 saturated heterocycles. The van der Waals surface area contributed by atoms with Crippen molar-refractivity contribution in [1.29, 1.82) is 0 Å². The lowest BCUT2D eigenvalue weighted by molar-refractivity contribution is -0.163. The van der Waals surface area contributed by atoms with Gasteiger partial charge in [-0.15, -0.1) is 8.58 Å². The monoisotopic (exact) mass is 444 g/mol. The Hall–Kier alpha value is -1.62. The van der Waals surface area contributed by atoms with Gasteiger partial charge in [0.25, 0.3) is 0 Å². The highest BCUT2D eigenvalue weighted by molar-refractivity contribution is 7.39. The van der Waals surface area contributed by atoms with Crippen LogP contribution in [0.25, 0.3) is 0 Å². The molecule has 1 fully saturated rings. The second-order valence-electron chi connectivity index (χ2n) is 9.54. The molecule has 4 unspecified atom stereocenters. The smallest absolute Gasteiger partial charge is 0.347 e. The zero-order valence-corrected chi connectivity index (χ0v) is 20.5. The van der Waals surface area contributed by atoms with Crippen LogP contribution in [0, 0.1) is 11.3 Å². The summed E-state index contributed by atoms with van der Waals surface area (Å²) in [6.45, 7) is 19.5. The molecule has 0 aliphatic carbocycles. The van der Waals surface area contributed by atoms with E-state index < -0.39 is 40.7 Å². The van der Waals surface area contributed by atoms with Crippen LogP contribution >= 0.6 is 8.58 Å². The van der Waals surface area contributed by atoms with Gasteiger partial charge >= 0.3 is 17.9 Å². The molecular formula is C22H37O7P. The van der Waals surface area contributed by atoms with E-state index in [-0.39, 0.29) is 18.6 Å². The maximum atomic E-state index is 12.5. The minimum absolute atomic E-state index is 0.215. The van der Waals surface area contributed by atoms with Gasteiger partial charge in [0, 0.05) is 11.6 Å². The molecule has 0 aromatic carbocycles. The fourth-order valence-electron chi connectivity index (χ4n) is 3.41. The summed E-state index contributed by atoms with van der Waals surface area (Å²) in [4.78, 5) is 36.1. The highest BCUT2D eigenvalue weighted by atomic mass is 31.1.